The summed E-state index contributed by atoms with van der Waals surface area (Å²) < 4.78 is 0. The standard InChI is InChI=1S/C19H20Cl2N2O2/c1-12-7-8-15(11-13(12)2)22-18(25)9-10-23(14(3)24)17-6-4-5-16(20)19(17)21/h4-8,11H,9-10H2,1-3H3,(H,22,25). The molecule has 0 atom stereocenters. The molecule has 2 amide bonds. The summed E-state index contributed by atoms with van der Waals surface area (Å²) in [6.07, 6.45) is 0.148. The molecule has 0 aromatic heterocycles. The molecule has 2 rings (SSSR count). The Morgan fingerprint density at radius 1 is 1.08 bits per heavy atom. The molecular formula is C19H20Cl2N2O2. The summed E-state index contributed by atoms with van der Waals surface area (Å²) >= 11 is 12.2. The summed E-state index contributed by atoms with van der Waals surface area (Å²) in [5, 5.41) is 3.51. The molecule has 25 heavy (non-hydrogen) atoms. The predicted molar refractivity (Wildman–Crippen MR) is 104 cm³/mol. The van der Waals surface area contributed by atoms with Crippen molar-refractivity contribution in [1.82, 2.24) is 0 Å². The van der Waals surface area contributed by atoms with E-state index in [-0.39, 0.29) is 24.8 Å². The Morgan fingerprint density at radius 2 is 1.80 bits per heavy atom. The van der Waals surface area contributed by atoms with Crippen LogP contribution in [0.5, 0.6) is 0 Å². The van der Waals surface area contributed by atoms with Gasteiger partial charge in [-0.2, -0.15) is 0 Å². The van der Waals surface area contributed by atoms with E-state index in [1.807, 2.05) is 32.0 Å². The molecule has 2 aromatic rings. The topological polar surface area (TPSA) is 49.4 Å². The normalized spacial score (nSPS) is 10.4. The van der Waals surface area contributed by atoms with Crippen LogP contribution in [-0.4, -0.2) is 18.4 Å². The second-order valence-electron chi connectivity index (χ2n) is 5.84. The highest BCUT2D eigenvalue weighted by molar-refractivity contribution is 6.44. The van der Waals surface area contributed by atoms with Gasteiger partial charge in [-0.15, -0.1) is 0 Å². The highest BCUT2D eigenvalue weighted by atomic mass is 35.5. The van der Waals surface area contributed by atoms with E-state index < -0.39 is 0 Å². The molecule has 0 aliphatic carbocycles. The third-order valence-corrected chi connectivity index (χ3v) is 4.76. The number of aryl methyl sites for hydroxylation is 2. The fraction of sp³-hybridized carbons (Fsp3) is 0.263. The summed E-state index contributed by atoms with van der Waals surface area (Å²) in [5.74, 6) is -0.379. The lowest BCUT2D eigenvalue weighted by atomic mass is 10.1. The molecular weight excluding hydrogens is 359 g/mol. The Balaban J connectivity index is 2.05. The largest absolute Gasteiger partial charge is 0.326 e. The molecule has 6 heteroatoms. The minimum absolute atomic E-state index is 0.148. The molecule has 0 heterocycles. The van der Waals surface area contributed by atoms with Crippen LogP contribution in [-0.2, 0) is 9.59 Å². The van der Waals surface area contributed by atoms with Gasteiger partial charge in [0.2, 0.25) is 11.8 Å². The fourth-order valence-corrected chi connectivity index (χ4v) is 2.80. The Kier molecular flexibility index (Phi) is 6.45. The maximum absolute atomic E-state index is 12.2. The lowest BCUT2D eigenvalue weighted by Crippen LogP contribution is -2.32. The van der Waals surface area contributed by atoms with E-state index in [4.69, 9.17) is 23.2 Å². The molecule has 2 aromatic carbocycles. The molecule has 0 aliphatic rings. The number of nitrogens with one attached hydrogen (secondary N) is 1. The quantitative estimate of drug-likeness (QED) is 0.796. The molecule has 4 nitrogen and oxygen atoms in total. The average molecular weight is 379 g/mol. The SMILES string of the molecule is CC(=O)N(CCC(=O)Nc1ccc(C)c(C)c1)c1cccc(Cl)c1Cl. The molecule has 0 spiro atoms. The first-order valence-electron chi connectivity index (χ1n) is 7.89. The second-order valence-corrected chi connectivity index (χ2v) is 6.63. The van der Waals surface area contributed by atoms with Crippen LogP contribution >= 0.6 is 23.2 Å². The van der Waals surface area contributed by atoms with Crippen molar-refractivity contribution in [3.63, 3.8) is 0 Å². The number of carbonyl (C=O) groups excluding carboxylic acids is 2. The van der Waals surface area contributed by atoms with Gasteiger partial charge < -0.3 is 10.2 Å². The van der Waals surface area contributed by atoms with Crippen LogP contribution in [0.15, 0.2) is 36.4 Å². The van der Waals surface area contributed by atoms with Crippen LogP contribution in [0.25, 0.3) is 0 Å². The van der Waals surface area contributed by atoms with Crippen molar-refractivity contribution in [2.75, 3.05) is 16.8 Å². The number of nitrogens with zero attached hydrogens (tertiary/aromatic N) is 1. The van der Waals surface area contributed by atoms with Crippen molar-refractivity contribution < 1.29 is 9.59 Å². The minimum Gasteiger partial charge on any atom is -0.326 e. The van der Waals surface area contributed by atoms with Gasteiger partial charge >= 0.3 is 0 Å². The molecule has 0 unspecified atom stereocenters. The third kappa shape index (κ3) is 4.97. The second kappa shape index (κ2) is 8.37. The zero-order valence-electron chi connectivity index (χ0n) is 14.4. The lowest BCUT2D eigenvalue weighted by molar-refractivity contribution is -0.117. The fourth-order valence-electron chi connectivity index (χ4n) is 2.40. The smallest absolute Gasteiger partial charge is 0.226 e. The molecule has 0 bridgehead atoms. The van der Waals surface area contributed by atoms with Crippen LogP contribution in [0.1, 0.15) is 24.5 Å². The summed E-state index contributed by atoms with van der Waals surface area (Å²) in [6, 6.07) is 10.8. The number of hydrogen-bond donors (Lipinski definition) is 1. The van der Waals surface area contributed by atoms with Crippen molar-refractivity contribution in [1.29, 1.82) is 0 Å². The number of rotatable bonds is 5. The zero-order chi connectivity index (χ0) is 18.6. The van der Waals surface area contributed by atoms with Gasteiger partial charge in [0, 0.05) is 25.6 Å². The first-order chi connectivity index (χ1) is 11.8. The van der Waals surface area contributed by atoms with E-state index in [1.54, 1.807) is 18.2 Å². The van der Waals surface area contributed by atoms with Crippen LogP contribution in [0.2, 0.25) is 10.0 Å². The Bertz CT molecular complexity index is 806. The van der Waals surface area contributed by atoms with E-state index in [9.17, 15) is 9.59 Å². The van der Waals surface area contributed by atoms with Gasteiger partial charge in [-0.05, 0) is 49.2 Å². The monoisotopic (exact) mass is 378 g/mol. The molecule has 0 fully saturated rings. The number of amides is 2. The van der Waals surface area contributed by atoms with Gasteiger partial charge in [0.05, 0.1) is 15.7 Å². The minimum atomic E-state index is -0.205. The van der Waals surface area contributed by atoms with E-state index in [0.717, 1.165) is 16.8 Å². The number of halogens is 2. The molecule has 0 saturated carbocycles. The number of hydrogen-bond acceptors (Lipinski definition) is 2. The van der Waals surface area contributed by atoms with Crippen molar-refractivity contribution >= 4 is 46.4 Å². The maximum atomic E-state index is 12.2. The van der Waals surface area contributed by atoms with E-state index in [1.165, 1.54) is 11.8 Å². The van der Waals surface area contributed by atoms with Crippen molar-refractivity contribution in [2.24, 2.45) is 0 Å². The van der Waals surface area contributed by atoms with Crippen LogP contribution in [0, 0.1) is 13.8 Å². The van der Waals surface area contributed by atoms with Gasteiger partial charge in [-0.1, -0.05) is 35.3 Å². The summed E-state index contributed by atoms with van der Waals surface area (Å²) in [4.78, 5) is 25.6. The van der Waals surface area contributed by atoms with Gasteiger partial charge in [-0.25, -0.2) is 0 Å². The van der Waals surface area contributed by atoms with E-state index in [2.05, 4.69) is 5.32 Å². The Morgan fingerprint density at radius 3 is 2.44 bits per heavy atom. The van der Waals surface area contributed by atoms with Gasteiger partial charge in [0.25, 0.3) is 0 Å². The summed E-state index contributed by atoms with van der Waals surface area (Å²) in [6.45, 7) is 5.65. The molecule has 0 saturated heterocycles. The molecule has 0 radical (unpaired) electrons. The zero-order valence-corrected chi connectivity index (χ0v) is 15.9. The number of benzene rings is 2. The third-order valence-electron chi connectivity index (χ3n) is 3.96. The van der Waals surface area contributed by atoms with Crippen LogP contribution < -0.4 is 10.2 Å². The van der Waals surface area contributed by atoms with Crippen molar-refractivity contribution in [3.05, 3.63) is 57.6 Å². The van der Waals surface area contributed by atoms with Gasteiger partial charge in [-0.3, -0.25) is 9.59 Å². The van der Waals surface area contributed by atoms with Crippen LogP contribution in [0.4, 0.5) is 11.4 Å². The predicted octanol–water partition coefficient (Wildman–Crippen LogP) is 4.99. The summed E-state index contributed by atoms with van der Waals surface area (Å²) in [5.41, 5.74) is 3.51. The first-order valence-corrected chi connectivity index (χ1v) is 8.64. The highest BCUT2D eigenvalue weighted by Gasteiger charge is 2.17. The van der Waals surface area contributed by atoms with Crippen molar-refractivity contribution in [2.45, 2.75) is 27.2 Å². The highest BCUT2D eigenvalue weighted by Crippen LogP contribution is 2.32. The van der Waals surface area contributed by atoms with Gasteiger partial charge in [0.15, 0.2) is 0 Å². The number of carbonyl (C=O) groups is 2. The van der Waals surface area contributed by atoms with Crippen LogP contribution in [0.3, 0.4) is 0 Å². The lowest BCUT2D eigenvalue weighted by Gasteiger charge is -2.22. The van der Waals surface area contributed by atoms with Gasteiger partial charge in [0.1, 0.15) is 0 Å². The van der Waals surface area contributed by atoms with Crippen molar-refractivity contribution in [3.8, 4) is 0 Å². The molecule has 132 valence electrons. The Hall–Kier alpha value is -2.04. The first kappa shape index (κ1) is 19.3. The number of anilines is 2. The Labute approximate surface area is 157 Å². The molecule has 1 N–H and O–H groups in total. The van der Waals surface area contributed by atoms with E-state index in [0.29, 0.717) is 15.7 Å². The summed E-state index contributed by atoms with van der Waals surface area (Å²) in [7, 11) is 0. The maximum Gasteiger partial charge on any atom is 0.226 e. The van der Waals surface area contributed by atoms with E-state index >= 15 is 0 Å². The average Bonchev–Trinajstić information content (AvgIpc) is 2.54. The molecule has 0 aliphatic heterocycles.